The van der Waals surface area contributed by atoms with Gasteiger partial charge in [0.05, 0.1) is 6.54 Å². The Hall–Kier alpha value is -2.89. The van der Waals surface area contributed by atoms with Crippen molar-refractivity contribution in [3.05, 3.63) is 76.2 Å². The molecule has 0 radical (unpaired) electrons. The number of halogens is 1. The van der Waals surface area contributed by atoms with Crippen LogP contribution in [0.4, 0.5) is 10.1 Å². The molecule has 1 aromatic heterocycles. The van der Waals surface area contributed by atoms with Gasteiger partial charge in [0.15, 0.2) is 0 Å². The van der Waals surface area contributed by atoms with Crippen molar-refractivity contribution in [2.24, 2.45) is 0 Å². The highest BCUT2D eigenvalue weighted by Gasteiger charge is 2.11. The van der Waals surface area contributed by atoms with E-state index < -0.39 is 5.82 Å². The Kier molecular flexibility index (Phi) is 3.50. The van der Waals surface area contributed by atoms with Crippen LogP contribution in [-0.4, -0.2) is 14.3 Å². The summed E-state index contributed by atoms with van der Waals surface area (Å²) >= 11 is 0. The van der Waals surface area contributed by atoms with E-state index in [9.17, 15) is 9.18 Å². The molecule has 3 rings (SSSR count). The van der Waals surface area contributed by atoms with Crippen molar-refractivity contribution >= 4 is 5.69 Å². The number of benzene rings is 2. The fourth-order valence-electron chi connectivity index (χ4n) is 2.26. The molecule has 5 nitrogen and oxygen atoms in total. The Morgan fingerprint density at radius 3 is 2.73 bits per heavy atom. The quantitative estimate of drug-likeness (QED) is 0.753. The fraction of sp³-hybridized carbons (Fsp3) is 0.125. The predicted octanol–water partition coefficient (Wildman–Crippen LogP) is 2.11. The first kappa shape index (κ1) is 14.1. The van der Waals surface area contributed by atoms with E-state index >= 15 is 0 Å². The van der Waals surface area contributed by atoms with Crippen LogP contribution in [0.2, 0.25) is 0 Å². The van der Waals surface area contributed by atoms with Gasteiger partial charge in [-0.1, -0.05) is 24.3 Å². The van der Waals surface area contributed by atoms with E-state index in [0.717, 1.165) is 15.8 Å². The molecule has 0 aliphatic rings. The van der Waals surface area contributed by atoms with E-state index in [0.29, 0.717) is 12.2 Å². The SMILES string of the molecule is Cc1cc(Cn2cnn(-c3ccccc3F)c2=O)ccc1N. The van der Waals surface area contributed by atoms with Crippen LogP contribution in [0.25, 0.3) is 5.69 Å². The molecule has 2 N–H and O–H groups in total. The Morgan fingerprint density at radius 1 is 1.23 bits per heavy atom. The number of para-hydroxylation sites is 1. The summed E-state index contributed by atoms with van der Waals surface area (Å²) in [4.78, 5) is 12.3. The standard InChI is InChI=1S/C16H15FN4O/c1-11-8-12(6-7-14(11)18)9-20-10-19-21(16(20)22)15-5-3-2-4-13(15)17/h2-8,10H,9,18H2,1H3. The van der Waals surface area contributed by atoms with Gasteiger partial charge in [0.1, 0.15) is 17.8 Å². The van der Waals surface area contributed by atoms with Crippen LogP contribution in [0.3, 0.4) is 0 Å². The van der Waals surface area contributed by atoms with Gasteiger partial charge < -0.3 is 5.73 Å². The van der Waals surface area contributed by atoms with Crippen LogP contribution in [0, 0.1) is 12.7 Å². The Morgan fingerprint density at radius 2 is 2.00 bits per heavy atom. The summed E-state index contributed by atoms with van der Waals surface area (Å²) in [5.41, 5.74) is 8.12. The number of aryl methyl sites for hydroxylation is 1. The highest BCUT2D eigenvalue weighted by molar-refractivity contribution is 5.47. The van der Waals surface area contributed by atoms with Gasteiger partial charge in [-0.25, -0.2) is 9.18 Å². The van der Waals surface area contributed by atoms with Crippen molar-refractivity contribution in [1.82, 2.24) is 14.3 Å². The highest BCUT2D eigenvalue weighted by Crippen LogP contribution is 2.13. The third-order valence-electron chi connectivity index (χ3n) is 3.50. The first-order valence-electron chi connectivity index (χ1n) is 6.80. The van der Waals surface area contributed by atoms with Gasteiger partial charge in [0.2, 0.25) is 0 Å². The lowest BCUT2D eigenvalue weighted by atomic mass is 10.1. The molecule has 112 valence electrons. The van der Waals surface area contributed by atoms with E-state index in [1.807, 2.05) is 19.1 Å². The third-order valence-corrected chi connectivity index (χ3v) is 3.50. The molecule has 0 aliphatic carbocycles. The highest BCUT2D eigenvalue weighted by atomic mass is 19.1. The number of aromatic nitrogens is 3. The summed E-state index contributed by atoms with van der Waals surface area (Å²) in [6.45, 7) is 2.26. The predicted molar refractivity (Wildman–Crippen MR) is 82.5 cm³/mol. The lowest BCUT2D eigenvalue weighted by Gasteiger charge is -2.05. The largest absolute Gasteiger partial charge is 0.399 e. The molecular formula is C16H15FN4O. The molecule has 0 saturated carbocycles. The lowest BCUT2D eigenvalue weighted by molar-refractivity contribution is 0.605. The van der Waals surface area contributed by atoms with E-state index in [4.69, 9.17) is 5.73 Å². The molecule has 0 spiro atoms. The van der Waals surface area contributed by atoms with Crippen molar-refractivity contribution in [3.8, 4) is 5.69 Å². The van der Waals surface area contributed by atoms with Gasteiger partial charge in [-0.05, 0) is 36.2 Å². The zero-order valence-electron chi connectivity index (χ0n) is 12.0. The fourth-order valence-corrected chi connectivity index (χ4v) is 2.26. The van der Waals surface area contributed by atoms with Crippen molar-refractivity contribution in [3.63, 3.8) is 0 Å². The molecule has 0 unspecified atom stereocenters. The van der Waals surface area contributed by atoms with Gasteiger partial charge in [-0.2, -0.15) is 9.78 Å². The monoisotopic (exact) mass is 298 g/mol. The van der Waals surface area contributed by atoms with Crippen molar-refractivity contribution in [2.45, 2.75) is 13.5 Å². The number of hydrogen-bond acceptors (Lipinski definition) is 3. The smallest absolute Gasteiger partial charge is 0.350 e. The van der Waals surface area contributed by atoms with Gasteiger partial charge in [-0.15, -0.1) is 0 Å². The summed E-state index contributed by atoms with van der Waals surface area (Å²) < 4.78 is 16.2. The van der Waals surface area contributed by atoms with E-state index in [-0.39, 0.29) is 11.4 Å². The molecule has 0 aliphatic heterocycles. The molecule has 0 amide bonds. The molecular weight excluding hydrogens is 283 g/mol. The molecule has 6 heteroatoms. The summed E-state index contributed by atoms with van der Waals surface area (Å²) in [5, 5.41) is 3.99. The maximum atomic E-state index is 13.8. The molecule has 0 bridgehead atoms. The molecule has 0 saturated heterocycles. The minimum atomic E-state index is -0.488. The summed E-state index contributed by atoms with van der Waals surface area (Å²) in [5.74, 6) is -0.488. The van der Waals surface area contributed by atoms with Crippen LogP contribution in [-0.2, 0) is 6.54 Å². The Balaban J connectivity index is 1.96. The van der Waals surface area contributed by atoms with Gasteiger partial charge in [0, 0.05) is 5.69 Å². The number of rotatable bonds is 3. The van der Waals surface area contributed by atoms with Gasteiger partial charge >= 0.3 is 5.69 Å². The Labute approximate surface area is 126 Å². The minimum absolute atomic E-state index is 0.139. The number of nitrogen functional groups attached to an aromatic ring is 1. The number of anilines is 1. The molecule has 22 heavy (non-hydrogen) atoms. The zero-order valence-corrected chi connectivity index (χ0v) is 12.0. The molecule has 3 aromatic rings. The van der Waals surface area contributed by atoms with Gasteiger partial charge in [0.25, 0.3) is 0 Å². The van der Waals surface area contributed by atoms with Gasteiger partial charge in [-0.3, -0.25) is 4.57 Å². The van der Waals surface area contributed by atoms with E-state index in [1.54, 1.807) is 18.2 Å². The second-order valence-electron chi connectivity index (χ2n) is 5.10. The minimum Gasteiger partial charge on any atom is -0.399 e. The first-order chi connectivity index (χ1) is 10.6. The number of nitrogens with zero attached hydrogens (tertiary/aromatic N) is 3. The summed E-state index contributed by atoms with van der Waals surface area (Å²) in [7, 11) is 0. The van der Waals surface area contributed by atoms with Crippen molar-refractivity contribution < 1.29 is 4.39 Å². The normalized spacial score (nSPS) is 10.8. The summed E-state index contributed by atoms with van der Waals surface area (Å²) in [6, 6.07) is 11.6. The molecule has 0 fully saturated rings. The molecule has 2 aromatic carbocycles. The maximum absolute atomic E-state index is 13.8. The van der Waals surface area contributed by atoms with Crippen LogP contribution >= 0.6 is 0 Å². The second-order valence-corrected chi connectivity index (χ2v) is 5.10. The van der Waals surface area contributed by atoms with Crippen LogP contribution < -0.4 is 11.4 Å². The second kappa shape index (κ2) is 5.48. The Bertz CT molecular complexity index is 882. The molecule has 0 atom stereocenters. The van der Waals surface area contributed by atoms with Crippen LogP contribution in [0.15, 0.2) is 53.6 Å². The summed E-state index contributed by atoms with van der Waals surface area (Å²) in [6.07, 6.45) is 1.40. The zero-order chi connectivity index (χ0) is 15.7. The first-order valence-corrected chi connectivity index (χ1v) is 6.80. The number of hydrogen-bond donors (Lipinski definition) is 1. The van der Waals surface area contributed by atoms with Crippen LogP contribution in [0.5, 0.6) is 0 Å². The van der Waals surface area contributed by atoms with Crippen molar-refractivity contribution in [2.75, 3.05) is 5.73 Å². The van der Waals surface area contributed by atoms with Crippen LogP contribution in [0.1, 0.15) is 11.1 Å². The average molecular weight is 298 g/mol. The van der Waals surface area contributed by atoms with Crippen molar-refractivity contribution in [1.29, 1.82) is 0 Å². The topological polar surface area (TPSA) is 65.8 Å². The van der Waals surface area contributed by atoms with E-state index in [2.05, 4.69) is 5.10 Å². The maximum Gasteiger partial charge on any atom is 0.350 e. The number of nitrogens with two attached hydrogens (primary N) is 1. The lowest BCUT2D eigenvalue weighted by Crippen LogP contribution is -2.24. The average Bonchev–Trinajstić information content (AvgIpc) is 2.85. The van der Waals surface area contributed by atoms with E-state index in [1.165, 1.54) is 23.0 Å². The molecule has 1 heterocycles. The third kappa shape index (κ3) is 2.50.